The zero-order valence-corrected chi connectivity index (χ0v) is 11.2. The maximum absolute atomic E-state index is 3.57. The molecule has 18 heavy (non-hydrogen) atoms. The van der Waals surface area contributed by atoms with Crippen LogP contribution >= 0.6 is 0 Å². The number of benzene rings is 2. The molecular weight excluding hydrogens is 218 g/mol. The van der Waals surface area contributed by atoms with Crippen LogP contribution in [-0.4, -0.2) is 6.54 Å². The lowest BCUT2D eigenvalue weighted by Gasteiger charge is -2.14. The van der Waals surface area contributed by atoms with Gasteiger partial charge in [0.2, 0.25) is 0 Å². The van der Waals surface area contributed by atoms with Gasteiger partial charge in [0.1, 0.15) is 0 Å². The highest BCUT2D eigenvalue weighted by Gasteiger charge is 2.03. The van der Waals surface area contributed by atoms with E-state index in [-0.39, 0.29) is 0 Å². The van der Waals surface area contributed by atoms with E-state index in [0.717, 1.165) is 13.0 Å². The van der Waals surface area contributed by atoms with Crippen molar-refractivity contribution in [1.29, 1.82) is 0 Å². The molecule has 2 aromatic carbocycles. The third-order valence-electron chi connectivity index (χ3n) is 3.28. The van der Waals surface area contributed by atoms with Crippen molar-refractivity contribution in [3.8, 4) is 0 Å². The van der Waals surface area contributed by atoms with Crippen molar-refractivity contribution in [2.75, 3.05) is 6.54 Å². The van der Waals surface area contributed by atoms with E-state index in [9.17, 15) is 0 Å². The van der Waals surface area contributed by atoms with Crippen LogP contribution in [0.25, 0.3) is 0 Å². The molecule has 0 aliphatic rings. The van der Waals surface area contributed by atoms with Crippen LogP contribution in [0.4, 0.5) is 0 Å². The van der Waals surface area contributed by atoms with E-state index in [1.807, 2.05) is 0 Å². The molecule has 0 aromatic heterocycles. The van der Waals surface area contributed by atoms with Gasteiger partial charge < -0.3 is 5.32 Å². The van der Waals surface area contributed by atoms with Gasteiger partial charge in [0.15, 0.2) is 0 Å². The molecule has 0 fully saturated rings. The first-order chi connectivity index (χ1) is 8.75. The summed E-state index contributed by atoms with van der Waals surface area (Å²) in [6.45, 7) is 5.35. The van der Waals surface area contributed by atoms with Crippen LogP contribution in [0.3, 0.4) is 0 Å². The standard InChI is InChI=1S/C17H21N/c1-14-8-10-17(11-9-14)15(2)18-13-12-16-6-4-3-5-7-16/h3-11,15,18H,12-13H2,1-2H3. The van der Waals surface area contributed by atoms with Gasteiger partial charge in [0, 0.05) is 6.04 Å². The van der Waals surface area contributed by atoms with Crippen LogP contribution in [0, 0.1) is 6.92 Å². The van der Waals surface area contributed by atoms with Gasteiger partial charge in [-0.25, -0.2) is 0 Å². The summed E-state index contributed by atoms with van der Waals surface area (Å²) in [5.74, 6) is 0. The minimum Gasteiger partial charge on any atom is -0.310 e. The van der Waals surface area contributed by atoms with Crippen LogP contribution in [0.5, 0.6) is 0 Å². The van der Waals surface area contributed by atoms with Gasteiger partial charge in [-0.2, -0.15) is 0 Å². The summed E-state index contributed by atoms with van der Waals surface area (Å²) < 4.78 is 0. The fourth-order valence-corrected chi connectivity index (χ4v) is 2.05. The molecule has 0 saturated heterocycles. The predicted molar refractivity (Wildman–Crippen MR) is 77.7 cm³/mol. The molecular formula is C17H21N. The molecule has 94 valence electrons. The Kier molecular flexibility index (Phi) is 4.54. The van der Waals surface area contributed by atoms with E-state index < -0.39 is 0 Å². The van der Waals surface area contributed by atoms with E-state index in [4.69, 9.17) is 0 Å². The van der Waals surface area contributed by atoms with Crippen molar-refractivity contribution < 1.29 is 0 Å². The summed E-state index contributed by atoms with van der Waals surface area (Å²) in [5.41, 5.74) is 4.06. The number of hydrogen-bond donors (Lipinski definition) is 1. The van der Waals surface area contributed by atoms with Crippen molar-refractivity contribution >= 4 is 0 Å². The SMILES string of the molecule is Cc1ccc(C(C)NCCc2ccccc2)cc1. The lowest BCUT2D eigenvalue weighted by molar-refractivity contribution is 0.577. The molecule has 1 N–H and O–H groups in total. The van der Waals surface area contributed by atoms with Gasteiger partial charge in [-0.1, -0.05) is 60.2 Å². The van der Waals surface area contributed by atoms with Gasteiger partial charge in [0.05, 0.1) is 0 Å². The summed E-state index contributed by atoms with van der Waals surface area (Å²) in [7, 11) is 0. The van der Waals surface area contributed by atoms with Crippen molar-refractivity contribution in [2.24, 2.45) is 0 Å². The Labute approximate surface area is 110 Å². The largest absolute Gasteiger partial charge is 0.310 e. The Hall–Kier alpha value is -1.60. The number of hydrogen-bond acceptors (Lipinski definition) is 1. The molecule has 0 spiro atoms. The van der Waals surface area contributed by atoms with Crippen LogP contribution in [0.15, 0.2) is 54.6 Å². The van der Waals surface area contributed by atoms with Crippen LogP contribution in [-0.2, 0) is 6.42 Å². The maximum atomic E-state index is 3.57. The van der Waals surface area contributed by atoms with Gasteiger partial charge in [-0.3, -0.25) is 0 Å². The van der Waals surface area contributed by atoms with E-state index in [1.165, 1.54) is 16.7 Å². The van der Waals surface area contributed by atoms with Crippen molar-refractivity contribution in [1.82, 2.24) is 5.32 Å². The van der Waals surface area contributed by atoms with E-state index in [1.54, 1.807) is 0 Å². The Morgan fingerprint density at radius 3 is 2.28 bits per heavy atom. The Morgan fingerprint density at radius 1 is 0.944 bits per heavy atom. The highest BCUT2D eigenvalue weighted by Crippen LogP contribution is 2.12. The summed E-state index contributed by atoms with van der Waals surface area (Å²) >= 11 is 0. The maximum Gasteiger partial charge on any atom is 0.0291 e. The van der Waals surface area contributed by atoms with E-state index in [2.05, 4.69) is 73.8 Å². The molecule has 1 atom stereocenters. The molecule has 0 bridgehead atoms. The molecule has 2 aromatic rings. The molecule has 0 heterocycles. The average molecular weight is 239 g/mol. The van der Waals surface area contributed by atoms with Crippen LogP contribution < -0.4 is 5.32 Å². The second-order valence-electron chi connectivity index (χ2n) is 4.82. The van der Waals surface area contributed by atoms with Gasteiger partial charge >= 0.3 is 0 Å². The number of rotatable bonds is 5. The number of aryl methyl sites for hydroxylation is 1. The van der Waals surface area contributed by atoms with Crippen molar-refractivity contribution in [3.63, 3.8) is 0 Å². The highest BCUT2D eigenvalue weighted by atomic mass is 14.9. The molecule has 0 aliphatic heterocycles. The molecule has 0 saturated carbocycles. The third kappa shape index (κ3) is 3.71. The topological polar surface area (TPSA) is 12.0 Å². The minimum atomic E-state index is 0.411. The zero-order chi connectivity index (χ0) is 12.8. The Morgan fingerprint density at radius 2 is 1.61 bits per heavy atom. The molecule has 0 aliphatic carbocycles. The smallest absolute Gasteiger partial charge is 0.0291 e. The molecule has 1 nitrogen and oxygen atoms in total. The summed E-state index contributed by atoms with van der Waals surface area (Å²) in [6.07, 6.45) is 1.08. The van der Waals surface area contributed by atoms with Crippen molar-refractivity contribution in [3.05, 3.63) is 71.3 Å². The number of nitrogens with one attached hydrogen (secondary N) is 1. The summed E-state index contributed by atoms with van der Waals surface area (Å²) in [6, 6.07) is 19.8. The second kappa shape index (κ2) is 6.36. The molecule has 2 rings (SSSR count). The lowest BCUT2D eigenvalue weighted by atomic mass is 10.1. The normalized spacial score (nSPS) is 12.3. The average Bonchev–Trinajstić information content (AvgIpc) is 2.40. The first kappa shape index (κ1) is 12.8. The molecule has 0 amide bonds. The molecule has 1 heteroatoms. The summed E-state index contributed by atoms with van der Waals surface area (Å²) in [4.78, 5) is 0. The molecule has 0 radical (unpaired) electrons. The van der Waals surface area contributed by atoms with Gasteiger partial charge in [-0.05, 0) is 37.9 Å². The lowest BCUT2D eigenvalue weighted by Crippen LogP contribution is -2.21. The van der Waals surface area contributed by atoms with Gasteiger partial charge in [0.25, 0.3) is 0 Å². The van der Waals surface area contributed by atoms with Gasteiger partial charge in [-0.15, -0.1) is 0 Å². The molecule has 1 unspecified atom stereocenters. The first-order valence-electron chi connectivity index (χ1n) is 6.59. The van der Waals surface area contributed by atoms with E-state index in [0.29, 0.717) is 6.04 Å². The third-order valence-corrected chi connectivity index (χ3v) is 3.28. The summed E-state index contributed by atoms with van der Waals surface area (Å²) in [5, 5.41) is 3.57. The zero-order valence-electron chi connectivity index (χ0n) is 11.2. The Balaban J connectivity index is 1.81. The Bertz CT molecular complexity index is 459. The fourth-order valence-electron chi connectivity index (χ4n) is 2.05. The van der Waals surface area contributed by atoms with Crippen molar-refractivity contribution in [2.45, 2.75) is 26.3 Å². The monoisotopic (exact) mass is 239 g/mol. The van der Waals surface area contributed by atoms with E-state index >= 15 is 0 Å². The highest BCUT2D eigenvalue weighted by molar-refractivity contribution is 5.23. The fraction of sp³-hybridized carbons (Fsp3) is 0.294. The second-order valence-corrected chi connectivity index (χ2v) is 4.82. The quantitative estimate of drug-likeness (QED) is 0.834. The van der Waals surface area contributed by atoms with Crippen LogP contribution in [0.1, 0.15) is 29.7 Å². The first-order valence-corrected chi connectivity index (χ1v) is 6.59. The van der Waals surface area contributed by atoms with Crippen LogP contribution in [0.2, 0.25) is 0 Å². The predicted octanol–water partition coefficient (Wildman–Crippen LogP) is 3.89. The minimum absolute atomic E-state index is 0.411.